The summed E-state index contributed by atoms with van der Waals surface area (Å²) in [5.41, 5.74) is 3.98. The van der Waals surface area contributed by atoms with Gasteiger partial charge in [-0.25, -0.2) is 5.43 Å². The smallest absolute Gasteiger partial charge is 0.271 e. The first-order valence-electron chi connectivity index (χ1n) is 7.22. The predicted octanol–water partition coefficient (Wildman–Crippen LogP) is 3.61. The molecule has 0 unspecified atom stereocenters. The molecule has 3 rings (SSSR count). The van der Waals surface area contributed by atoms with E-state index >= 15 is 0 Å². The van der Waals surface area contributed by atoms with Gasteiger partial charge in [-0.05, 0) is 46.7 Å². The summed E-state index contributed by atoms with van der Waals surface area (Å²) in [7, 11) is 1.59. The van der Waals surface area contributed by atoms with Gasteiger partial charge in [0.1, 0.15) is 5.75 Å². The van der Waals surface area contributed by atoms with Gasteiger partial charge in [0, 0.05) is 5.56 Å². The summed E-state index contributed by atoms with van der Waals surface area (Å²) in [5, 5.41) is 6.32. The Balaban J connectivity index is 1.68. The van der Waals surface area contributed by atoms with Crippen LogP contribution >= 0.6 is 0 Å². The summed E-state index contributed by atoms with van der Waals surface area (Å²) in [6, 6.07) is 21.0. The van der Waals surface area contributed by atoms with Gasteiger partial charge in [0.25, 0.3) is 5.91 Å². The number of carbonyl (C=O) groups excluding carboxylic acids is 1. The Labute approximate surface area is 134 Å². The number of methoxy groups -OCH3 is 1. The monoisotopic (exact) mass is 304 g/mol. The highest BCUT2D eigenvalue weighted by atomic mass is 16.5. The van der Waals surface area contributed by atoms with Gasteiger partial charge >= 0.3 is 0 Å². The van der Waals surface area contributed by atoms with Gasteiger partial charge < -0.3 is 4.74 Å². The molecule has 0 bridgehead atoms. The van der Waals surface area contributed by atoms with Crippen LogP contribution in [0, 0.1) is 0 Å². The zero-order valence-electron chi connectivity index (χ0n) is 12.7. The van der Waals surface area contributed by atoms with Crippen LogP contribution in [0.5, 0.6) is 5.75 Å². The van der Waals surface area contributed by atoms with Crippen molar-refractivity contribution in [2.45, 2.75) is 0 Å². The number of carbonyl (C=O) groups is 1. The van der Waals surface area contributed by atoms with Crippen molar-refractivity contribution in [3.63, 3.8) is 0 Å². The Bertz CT molecular complexity index is 855. The standard InChI is InChI=1S/C19H16N2O2/c1-23-18-10-8-16(9-11-18)19(22)21-20-13-14-6-7-15-4-2-3-5-17(15)12-14/h2-13H,1H3,(H,21,22). The SMILES string of the molecule is COc1ccc(C(=O)NN=Cc2ccc3ccccc3c2)cc1. The molecule has 0 aromatic heterocycles. The number of hydrogen-bond donors (Lipinski definition) is 1. The van der Waals surface area contributed by atoms with E-state index in [1.165, 1.54) is 5.39 Å². The van der Waals surface area contributed by atoms with Gasteiger partial charge in [-0.3, -0.25) is 4.79 Å². The summed E-state index contributed by atoms with van der Waals surface area (Å²) >= 11 is 0. The number of hydrogen-bond acceptors (Lipinski definition) is 3. The second kappa shape index (κ2) is 6.75. The van der Waals surface area contributed by atoms with Crippen molar-refractivity contribution in [2.24, 2.45) is 5.10 Å². The topological polar surface area (TPSA) is 50.7 Å². The van der Waals surface area contributed by atoms with Gasteiger partial charge in [-0.15, -0.1) is 0 Å². The molecule has 0 fully saturated rings. The van der Waals surface area contributed by atoms with Gasteiger partial charge in [0.15, 0.2) is 0 Å². The summed E-state index contributed by atoms with van der Waals surface area (Å²) in [4.78, 5) is 12.0. The summed E-state index contributed by atoms with van der Waals surface area (Å²) < 4.78 is 5.06. The van der Waals surface area contributed by atoms with Crippen molar-refractivity contribution in [1.82, 2.24) is 5.43 Å². The van der Waals surface area contributed by atoms with Crippen LogP contribution in [-0.4, -0.2) is 19.2 Å². The second-order valence-corrected chi connectivity index (χ2v) is 5.03. The van der Waals surface area contributed by atoms with Crippen LogP contribution in [0.15, 0.2) is 71.8 Å². The van der Waals surface area contributed by atoms with Crippen LogP contribution in [0.2, 0.25) is 0 Å². The maximum absolute atomic E-state index is 12.0. The third-order valence-corrected chi connectivity index (χ3v) is 3.51. The van der Waals surface area contributed by atoms with E-state index in [9.17, 15) is 4.79 Å². The highest BCUT2D eigenvalue weighted by molar-refractivity contribution is 5.95. The Morgan fingerprint density at radius 3 is 2.48 bits per heavy atom. The fourth-order valence-corrected chi connectivity index (χ4v) is 2.26. The fourth-order valence-electron chi connectivity index (χ4n) is 2.26. The predicted molar refractivity (Wildman–Crippen MR) is 92.0 cm³/mol. The van der Waals surface area contributed by atoms with Crippen LogP contribution in [0.25, 0.3) is 10.8 Å². The maximum atomic E-state index is 12.0. The molecular weight excluding hydrogens is 288 g/mol. The molecule has 3 aromatic carbocycles. The Hall–Kier alpha value is -3.14. The first-order chi connectivity index (χ1) is 11.3. The molecule has 0 aliphatic rings. The largest absolute Gasteiger partial charge is 0.497 e. The normalized spacial score (nSPS) is 10.8. The van der Waals surface area contributed by atoms with Gasteiger partial charge in [0.2, 0.25) is 0 Å². The van der Waals surface area contributed by atoms with E-state index in [2.05, 4.69) is 16.6 Å². The highest BCUT2D eigenvalue weighted by Gasteiger charge is 2.03. The van der Waals surface area contributed by atoms with E-state index in [4.69, 9.17) is 4.74 Å². The van der Waals surface area contributed by atoms with E-state index in [1.54, 1.807) is 37.6 Å². The number of fused-ring (bicyclic) bond motifs is 1. The third-order valence-electron chi connectivity index (χ3n) is 3.51. The maximum Gasteiger partial charge on any atom is 0.271 e. The van der Waals surface area contributed by atoms with E-state index in [0.29, 0.717) is 11.3 Å². The molecular formula is C19H16N2O2. The van der Waals surface area contributed by atoms with Crippen molar-refractivity contribution in [3.8, 4) is 5.75 Å². The van der Waals surface area contributed by atoms with Gasteiger partial charge in [0.05, 0.1) is 13.3 Å². The van der Waals surface area contributed by atoms with Crippen LogP contribution < -0.4 is 10.2 Å². The lowest BCUT2D eigenvalue weighted by Gasteiger charge is -2.02. The first kappa shape index (κ1) is 14.8. The highest BCUT2D eigenvalue weighted by Crippen LogP contribution is 2.14. The summed E-state index contributed by atoms with van der Waals surface area (Å²) in [5.74, 6) is 0.450. The Kier molecular flexibility index (Phi) is 4.34. The van der Waals surface area contributed by atoms with E-state index < -0.39 is 0 Å². The van der Waals surface area contributed by atoms with Crippen molar-refractivity contribution >= 4 is 22.9 Å². The average Bonchev–Trinajstić information content (AvgIpc) is 2.61. The number of hydrazone groups is 1. The van der Waals surface area contributed by atoms with Gasteiger partial charge in [-0.2, -0.15) is 5.10 Å². The van der Waals surface area contributed by atoms with Crippen molar-refractivity contribution in [2.75, 3.05) is 7.11 Å². The minimum atomic E-state index is -0.260. The summed E-state index contributed by atoms with van der Waals surface area (Å²) in [6.07, 6.45) is 1.63. The van der Waals surface area contributed by atoms with Crippen LogP contribution in [0.4, 0.5) is 0 Å². The number of nitrogens with zero attached hydrogens (tertiary/aromatic N) is 1. The molecule has 0 aliphatic carbocycles. The average molecular weight is 304 g/mol. The number of ether oxygens (including phenoxy) is 1. The van der Waals surface area contributed by atoms with Crippen LogP contribution in [0.1, 0.15) is 15.9 Å². The summed E-state index contributed by atoms with van der Waals surface area (Å²) in [6.45, 7) is 0. The lowest BCUT2D eigenvalue weighted by atomic mass is 10.1. The Morgan fingerprint density at radius 2 is 1.74 bits per heavy atom. The molecule has 4 heteroatoms. The third kappa shape index (κ3) is 3.55. The number of rotatable bonds is 4. The molecule has 23 heavy (non-hydrogen) atoms. The lowest BCUT2D eigenvalue weighted by Crippen LogP contribution is -2.17. The van der Waals surface area contributed by atoms with E-state index in [0.717, 1.165) is 10.9 Å². The molecule has 0 aliphatic heterocycles. The molecule has 0 heterocycles. The minimum absolute atomic E-state index is 0.260. The number of amides is 1. The minimum Gasteiger partial charge on any atom is -0.497 e. The molecule has 0 saturated carbocycles. The molecule has 3 aromatic rings. The fraction of sp³-hybridized carbons (Fsp3) is 0.0526. The number of benzene rings is 3. The van der Waals surface area contributed by atoms with Crippen LogP contribution in [-0.2, 0) is 0 Å². The lowest BCUT2D eigenvalue weighted by molar-refractivity contribution is 0.0955. The molecule has 1 amide bonds. The van der Waals surface area contributed by atoms with Crippen LogP contribution in [0.3, 0.4) is 0 Å². The van der Waals surface area contributed by atoms with Gasteiger partial charge in [-0.1, -0.05) is 36.4 Å². The zero-order valence-corrected chi connectivity index (χ0v) is 12.7. The molecule has 0 atom stereocenters. The van der Waals surface area contributed by atoms with Crippen molar-refractivity contribution < 1.29 is 9.53 Å². The number of nitrogens with one attached hydrogen (secondary N) is 1. The molecule has 4 nitrogen and oxygen atoms in total. The molecule has 1 N–H and O–H groups in total. The van der Waals surface area contributed by atoms with Crippen molar-refractivity contribution in [1.29, 1.82) is 0 Å². The first-order valence-corrected chi connectivity index (χ1v) is 7.22. The molecule has 0 spiro atoms. The van der Waals surface area contributed by atoms with E-state index in [-0.39, 0.29) is 5.91 Å². The van der Waals surface area contributed by atoms with E-state index in [1.807, 2.05) is 36.4 Å². The quantitative estimate of drug-likeness (QED) is 0.591. The zero-order chi connectivity index (χ0) is 16.1. The molecule has 114 valence electrons. The molecule has 0 radical (unpaired) electrons. The Morgan fingerprint density at radius 1 is 1.00 bits per heavy atom. The van der Waals surface area contributed by atoms with Crippen molar-refractivity contribution in [3.05, 3.63) is 77.9 Å². The second-order valence-electron chi connectivity index (χ2n) is 5.03. The molecule has 0 saturated heterocycles.